The van der Waals surface area contributed by atoms with Crippen molar-refractivity contribution >= 4 is 29.1 Å². The van der Waals surface area contributed by atoms with Crippen LogP contribution in [0.15, 0.2) is 41.0 Å². The van der Waals surface area contributed by atoms with E-state index in [4.69, 9.17) is 16.0 Å². The second-order valence-electron chi connectivity index (χ2n) is 5.37. The number of carbonyl (C=O) groups excluding carboxylic acids is 2. The van der Waals surface area contributed by atoms with Crippen LogP contribution in [0.1, 0.15) is 12.2 Å². The van der Waals surface area contributed by atoms with Crippen LogP contribution in [0, 0.1) is 11.7 Å². The second kappa shape index (κ2) is 6.42. The highest BCUT2D eigenvalue weighted by Crippen LogP contribution is 2.24. The number of nitrogens with zero attached hydrogens (tertiary/aromatic N) is 1. The highest BCUT2D eigenvalue weighted by molar-refractivity contribution is 6.30. The fourth-order valence-electron chi connectivity index (χ4n) is 2.52. The molecule has 1 atom stereocenters. The van der Waals surface area contributed by atoms with E-state index in [0.29, 0.717) is 12.3 Å². The summed E-state index contributed by atoms with van der Waals surface area (Å²) in [4.78, 5) is 25.8. The SMILES string of the molecule is O=C(Nc1ccc(Cl)cc1F)[C@@H]1CC(=O)N(Cc2ccco2)C1. The fourth-order valence-corrected chi connectivity index (χ4v) is 2.68. The van der Waals surface area contributed by atoms with Gasteiger partial charge in [-0.25, -0.2) is 4.39 Å². The van der Waals surface area contributed by atoms with Crippen molar-refractivity contribution in [2.75, 3.05) is 11.9 Å². The monoisotopic (exact) mass is 336 g/mol. The van der Waals surface area contributed by atoms with Gasteiger partial charge in [0.2, 0.25) is 11.8 Å². The number of furan rings is 1. The van der Waals surface area contributed by atoms with E-state index in [1.54, 1.807) is 17.0 Å². The molecule has 2 heterocycles. The van der Waals surface area contributed by atoms with E-state index >= 15 is 0 Å². The molecule has 1 saturated heterocycles. The van der Waals surface area contributed by atoms with Crippen molar-refractivity contribution in [3.63, 3.8) is 0 Å². The van der Waals surface area contributed by atoms with Gasteiger partial charge in [0.05, 0.1) is 24.4 Å². The zero-order valence-corrected chi connectivity index (χ0v) is 12.8. The number of amides is 2. The summed E-state index contributed by atoms with van der Waals surface area (Å²) in [6.07, 6.45) is 1.63. The molecule has 1 aliphatic rings. The quantitative estimate of drug-likeness (QED) is 0.933. The molecule has 2 aromatic rings. The normalized spacial score (nSPS) is 17.6. The first-order valence-electron chi connectivity index (χ1n) is 7.09. The predicted molar refractivity (Wildman–Crippen MR) is 82.3 cm³/mol. The standard InChI is InChI=1S/C16H14ClFN2O3/c17-11-3-4-14(13(18)7-11)19-16(22)10-6-15(21)20(8-10)9-12-2-1-5-23-12/h1-5,7,10H,6,8-9H2,(H,19,22)/t10-/m1/s1. The van der Waals surface area contributed by atoms with Gasteiger partial charge in [-0.15, -0.1) is 0 Å². The van der Waals surface area contributed by atoms with Gasteiger partial charge >= 0.3 is 0 Å². The Kier molecular flexibility index (Phi) is 4.34. The van der Waals surface area contributed by atoms with Crippen LogP contribution < -0.4 is 5.32 Å². The molecular formula is C16H14ClFN2O3. The molecule has 1 aromatic carbocycles. The summed E-state index contributed by atoms with van der Waals surface area (Å²) in [5.41, 5.74) is 0.0522. The molecule has 1 aromatic heterocycles. The van der Waals surface area contributed by atoms with Crippen LogP contribution in [0.5, 0.6) is 0 Å². The Bertz CT molecular complexity index is 733. The number of anilines is 1. The first-order chi connectivity index (χ1) is 11.0. The zero-order valence-electron chi connectivity index (χ0n) is 12.1. The van der Waals surface area contributed by atoms with Gasteiger partial charge in [0.1, 0.15) is 11.6 Å². The summed E-state index contributed by atoms with van der Waals surface area (Å²) >= 11 is 5.67. The molecule has 120 valence electrons. The lowest BCUT2D eigenvalue weighted by molar-refractivity contribution is -0.128. The van der Waals surface area contributed by atoms with Gasteiger partial charge < -0.3 is 14.6 Å². The van der Waals surface area contributed by atoms with Crippen LogP contribution in [-0.2, 0) is 16.1 Å². The molecule has 0 radical (unpaired) electrons. The minimum atomic E-state index is -0.609. The number of halogens is 2. The van der Waals surface area contributed by atoms with Crippen LogP contribution >= 0.6 is 11.6 Å². The summed E-state index contributed by atoms with van der Waals surface area (Å²) in [7, 11) is 0. The third-order valence-electron chi connectivity index (χ3n) is 3.70. The molecule has 0 saturated carbocycles. The lowest BCUT2D eigenvalue weighted by Crippen LogP contribution is -2.28. The second-order valence-corrected chi connectivity index (χ2v) is 5.80. The van der Waals surface area contributed by atoms with E-state index in [2.05, 4.69) is 5.32 Å². The largest absolute Gasteiger partial charge is 0.467 e. The molecule has 5 nitrogen and oxygen atoms in total. The number of rotatable bonds is 4. The van der Waals surface area contributed by atoms with E-state index in [0.717, 1.165) is 6.07 Å². The minimum Gasteiger partial charge on any atom is -0.467 e. The van der Waals surface area contributed by atoms with Crippen molar-refractivity contribution in [2.24, 2.45) is 5.92 Å². The molecule has 1 N–H and O–H groups in total. The third-order valence-corrected chi connectivity index (χ3v) is 3.94. The lowest BCUT2D eigenvalue weighted by atomic mass is 10.1. The average molecular weight is 337 g/mol. The van der Waals surface area contributed by atoms with E-state index in [1.807, 2.05) is 0 Å². The fraction of sp³-hybridized carbons (Fsp3) is 0.250. The van der Waals surface area contributed by atoms with Crippen LogP contribution in [0.25, 0.3) is 0 Å². The van der Waals surface area contributed by atoms with Gasteiger partial charge in [0.15, 0.2) is 0 Å². The molecule has 1 fully saturated rings. The number of hydrogen-bond acceptors (Lipinski definition) is 3. The zero-order chi connectivity index (χ0) is 16.4. The van der Waals surface area contributed by atoms with Gasteiger partial charge in [-0.2, -0.15) is 0 Å². The lowest BCUT2D eigenvalue weighted by Gasteiger charge is -2.15. The summed E-state index contributed by atoms with van der Waals surface area (Å²) < 4.78 is 18.9. The smallest absolute Gasteiger partial charge is 0.229 e. The number of likely N-dealkylation sites (tertiary alicyclic amines) is 1. The van der Waals surface area contributed by atoms with Crippen LogP contribution in [0.4, 0.5) is 10.1 Å². The van der Waals surface area contributed by atoms with Crippen molar-refractivity contribution in [1.82, 2.24) is 4.90 Å². The van der Waals surface area contributed by atoms with Crippen molar-refractivity contribution in [3.8, 4) is 0 Å². The average Bonchev–Trinajstić information content (AvgIpc) is 3.13. The van der Waals surface area contributed by atoms with E-state index in [1.165, 1.54) is 18.4 Å². The van der Waals surface area contributed by atoms with Gasteiger partial charge in [-0.05, 0) is 30.3 Å². The Morgan fingerprint density at radius 1 is 1.43 bits per heavy atom. The van der Waals surface area contributed by atoms with Gasteiger partial charge in [0.25, 0.3) is 0 Å². The van der Waals surface area contributed by atoms with Crippen molar-refractivity contribution < 1.29 is 18.4 Å². The van der Waals surface area contributed by atoms with Gasteiger partial charge in [0, 0.05) is 18.0 Å². The molecule has 0 aliphatic carbocycles. The predicted octanol–water partition coefficient (Wildman–Crippen LogP) is 3.06. The molecule has 3 rings (SSSR count). The van der Waals surface area contributed by atoms with Crippen LogP contribution in [0.2, 0.25) is 5.02 Å². The van der Waals surface area contributed by atoms with E-state index < -0.39 is 11.7 Å². The Balaban J connectivity index is 1.63. The topological polar surface area (TPSA) is 62.6 Å². The van der Waals surface area contributed by atoms with Crippen molar-refractivity contribution in [3.05, 3.63) is 53.2 Å². The molecule has 2 amide bonds. The number of carbonyl (C=O) groups is 2. The maximum Gasteiger partial charge on any atom is 0.229 e. The Labute approximate surface area is 137 Å². The first-order valence-corrected chi connectivity index (χ1v) is 7.47. The molecular weight excluding hydrogens is 323 g/mol. The summed E-state index contributed by atoms with van der Waals surface area (Å²) in [6, 6.07) is 7.52. The Morgan fingerprint density at radius 3 is 2.96 bits per heavy atom. The van der Waals surface area contributed by atoms with Crippen LogP contribution in [0.3, 0.4) is 0 Å². The Morgan fingerprint density at radius 2 is 2.26 bits per heavy atom. The Hall–Kier alpha value is -2.34. The van der Waals surface area contributed by atoms with Gasteiger partial charge in [-0.3, -0.25) is 9.59 Å². The molecule has 1 aliphatic heterocycles. The van der Waals surface area contributed by atoms with E-state index in [-0.39, 0.29) is 35.5 Å². The number of nitrogens with one attached hydrogen (secondary N) is 1. The number of hydrogen-bond donors (Lipinski definition) is 1. The first kappa shape index (κ1) is 15.6. The summed E-state index contributed by atoms with van der Waals surface area (Å²) in [5.74, 6) is -0.988. The van der Waals surface area contributed by atoms with Gasteiger partial charge in [-0.1, -0.05) is 11.6 Å². The third kappa shape index (κ3) is 3.53. The molecule has 23 heavy (non-hydrogen) atoms. The van der Waals surface area contributed by atoms with Crippen molar-refractivity contribution in [1.29, 1.82) is 0 Å². The minimum absolute atomic E-state index is 0.0522. The summed E-state index contributed by atoms with van der Waals surface area (Å²) in [6.45, 7) is 0.603. The maximum absolute atomic E-state index is 13.7. The molecule has 0 spiro atoms. The molecule has 0 unspecified atom stereocenters. The van der Waals surface area contributed by atoms with Crippen LogP contribution in [-0.4, -0.2) is 23.3 Å². The maximum atomic E-state index is 13.7. The highest BCUT2D eigenvalue weighted by atomic mass is 35.5. The summed E-state index contributed by atoms with van der Waals surface area (Å²) in [5, 5.41) is 2.76. The highest BCUT2D eigenvalue weighted by Gasteiger charge is 2.34. The molecule has 7 heteroatoms. The number of benzene rings is 1. The van der Waals surface area contributed by atoms with Crippen molar-refractivity contribution in [2.45, 2.75) is 13.0 Å². The molecule has 0 bridgehead atoms. The van der Waals surface area contributed by atoms with E-state index in [9.17, 15) is 14.0 Å².